The standard InChI is InChI=1S/C20H19ClFN5O/c21-13-7-8-18(23-10-13)26-19(28)12-27-9-3-6-17(27)20-24-11-16(25-20)14-4-1-2-5-15(14)22/h1-2,4-5,7-8,10-11,17H,3,6,9,12H2,(H,24,25)(H,23,26,28)/t17-/m1/s1. The normalized spacial score (nSPS) is 17.0. The smallest absolute Gasteiger partial charge is 0.239 e. The highest BCUT2D eigenvalue weighted by Gasteiger charge is 2.30. The van der Waals surface area contributed by atoms with E-state index in [9.17, 15) is 9.18 Å². The van der Waals surface area contributed by atoms with Gasteiger partial charge in [-0.25, -0.2) is 14.4 Å². The van der Waals surface area contributed by atoms with Crippen molar-refractivity contribution in [3.63, 3.8) is 0 Å². The Bertz CT molecular complexity index is 975. The van der Waals surface area contributed by atoms with Crippen LogP contribution in [-0.4, -0.2) is 38.8 Å². The number of carbonyl (C=O) groups excluding carboxylic acids is 1. The first-order chi connectivity index (χ1) is 13.6. The van der Waals surface area contributed by atoms with Crippen LogP contribution in [0, 0.1) is 5.82 Å². The first-order valence-electron chi connectivity index (χ1n) is 9.05. The molecule has 3 aromatic rings. The molecule has 4 rings (SSSR count). The molecular formula is C20H19ClFN5O. The van der Waals surface area contributed by atoms with Gasteiger partial charge in [-0.1, -0.05) is 23.7 Å². The van der Waals surface area contributed by atoms with E-state index in [0.29, 0.717) is 22.1 Å². The monoisotopic (exact) mass is 399 g/mol. The van der Waals surface area contributed by atoms with Gasteiger partial charge in [0.05, 0.1) is 29.5 Å². The largest absolute Gasteiger partial charge is 0.341 e. The van der Waals surface area contributed by atoms with Gasteiger partial charge in [0.1, 0.15) is 17.5 Å². The predicted molar refractivity (Wildman–Crippen MR) is 105 cm³/mol. The van der Waals surface area contributed by atoms with Gasteiger partial charge in [-0.05, 0) is 43.7 Å². The highest BCUT2D eigenvalue weighted by atomic mass is 35.5. The Morgan fingerprint density at radius 2 is 2.11 bits per heavy atom. The molecule has 144 valence electrons. The first-order valence-corrected chi connectivity index (χ1v) is 9.43. The molecule has 1 aromatic carbocycles. The summed E-state index contributed by atoms with van der Waals surface area (Å²) in [6.45, 7) is 1.02. The van der Waals surface area contributed by atoms with Gasteiger partial charge in [-0.3, -0.25) is 9.69 Å². The van der Waals surface area contributed by atoms with E-state index in [4.69, 9.17) is 11.6 Å². The highest BCUT2D eigenvalue weighted by Crippen LogP contribution is 2.31. The second kappa shape index (κ2) is 8.08. The third kappa shape index (κ3) is 4.05. The Hall–Kier alpha value is -2.77. The van der Waals surface area contributed by atoms with Crippen molar-refractivity contribution in [2.45, 2.75) is 18.9 Å². The summed E-state index contributed by atoms with van der Waals surface area (Å²) < 4.78 is 14.0. The van der Waals surface area contributed by atoms with E-state index in [1.807, 2.05) is 0 Å². The Kier molecular flexibility index (Phi) is 5.36. The second-order valence-corrected chi connectivity index (χ2v) is 7.14. The Morgan fingerprint density at radius 3 is 2.89 bits per heavy atom. The van der Waals surface area contributed by atoms with Gasteiger partial charge in [0.2, 0.25) is 5.91 Å². The van der Waals surface area contributed by atoms with Crippen molar-refractivity contribution in [3.05, 3.63) is 65.5 Å². The lowest BCUT2D eigenvalue weighted by Gasteiger charge is -2.22. The van der Waals surface area contributed by atoms with Crippen molar-refractivity contribution in [2.24, 2.45) is 0 Å². The van der Waals surface area contributed by atoms with Crippen LogP contribution in [0.3, 0.4) is 0 Å². The van der Waals surface area contributed by atoms with Crippen LogP contribution in [0.4, 0.5) is 10.2 Å². The number of hydrogen-bond donors (Lipinski definition) is 2. The summed E-state index contributed by atoms with van der Waals surface area (Å²) in [6.07, 6.45) is 4.98. The average Bonchev–Trinajstić information content (AvgIpc) is 3.33. The lowest BCUT2D eigenvalue weighted by atomic mass is 10.1. The zero-order valence-electron chi connectivity index (χ0n) is 15.0. The Labute approximate surface area is 166 Å². The third-order valence-corrected chi connectivity index (χ3v) is 5.00. The summed E-state index contributed by atoms with van der Waals surface area (Å²) in [7, 11) is 0. The summed E-state index contributed by atoms with van der Waals surface area (Å²) in [4.78, 5) is 26.2. The molecule has 28 heavy (non-hydrogen) atoms. The number of anilines is 1. The van der Waals surface area contributed by atoms with Crippen molar-refractivity contribution in [1.82, 2.24) is 19.9 Å². The number of imidazole rings is 1. The number of aromatic nitrogens is 3. The number of carbonyl (C=O) groups is 1. The number of likely N-dealkylation sites (tertiary alicyclic amines) is 1. The maximum absolute atomic E-state index is 14.0. The number of amides is 1. The summed E-state index contributed by atoms with van der Waals surface area (Å²) in [5.74, 6) is 0.761. The third-order valence-electron chi connectivity index (χ3n) is 4.78. The topological polar surface area (TPSA) is 73.9 Å². The van der Waals surface area contributed by atoms with Crippen LogP contribution < -0.4 is 5.32 Å². The molecule has 0 aliphatic carbocycles. The molecule has 6 nitrogen and oxygen atoms in total. The molecule has 2 N–H and O–H groups in total. The molecule has 1 fully saturated rings. The van der Waals surface area contributed by atoms with Gasteiger partial charge in [-0.2, -0.15) is 0 Å². The number of nitrogens with one attached hydrogen (secondary N) is 2. The lowest BCUT2D eigenvalue weighted by Crippen LogP contribution is -2.33. The molecule has 1 aliphatic heterocycles. The fourth-order valence-corrected chi connectivity index (χ4v) is 3.58. The van der Waals surface area contributed by atoms with Crippen molar-refractivity contribution in [2.75, 3.05) is 18.4 Å². The molecule has 0 spiro atoms. The number of nitrogens with zero attached hydrogens (tertiary/aromatic N) is 3. The minimum absolute atomic E-state index is 0.00977. The quantitative estimate of drug-likeness (QED) is 0.679. The zero-order chi connectivity index (χ0) is 19.5. The lowest BCUT2D eigenvalue weighted by molar-refractivity contribution is -0.117. The van der Waals surface area contributed by atoms with Gasteiger partial charge in [0, 0.05) is 11.8 Å². The molecule has 0 bridgehead atoms. The maximum atomic E-state index is 14.0. The molecule has 1 aliphatic rings. The van der Waals surface area contributed by atoms with Crippen molar-refractivity contribution < 1.29 is 9.18 Å². The van der Waals surface area contributed by atoms with Gasteiger partial charge in [-0.15, -0.1) is 0 Å². The number of rotatable bonds is 5. The zero-order valence-corrected chi connectivity index (χ0v) is 15.8. The van der Waals surface area contributed by atoms with E-state index in [1.165, 1.54) is 12.3 Å². The summed E-state index contributed by atoms with van der Waals surface area (Å²) in [6, 6.07) is 9.91. The van der Waals surface area contributed by atoms with Crippen LogP contribution >= 0.6 is 11.6 Å². The van der Waals surface area contributed by atoms with E-state index in [-0.39, 0.29) is 24.3 Å². The molecular weight excluding hydrogens is 381 g/mol. The van der Waals surface area contributed by atoms with Gasteiger partial charge in [0.25, 0.3) is 0 Å². The number of aromatic amines is 1. The molecule has 0 unspecified atom stereocenters. The molecule has 2 aromatic heterocycles. The van der Waals surface area contributed by atoms with Crippen LogP contribution in [0.15, 0.2) is 48.8 Å². The van der Waals surface area contributed by atoms with E-state index in [2.05, 4.69) is 25.2 Å². The van der Waals surface area contributed by atoms with Crippen molar-refractivity contribution in [1.29, 1.82) is 0 Å². The fourth-order valence-electron chi connectivity index (χ4n) is 3.46. The molecule has 0 saturated carbocycles. The molecule has 1 atom stereocenters. The number of halogens is 2. The van der Waals surface area contributed by atoms with Crippen LogP contribution in [0.2, 0.25) is 5.02 Å². The molecule has 3 heterocycles. The summed E-state index contributed by atoms with van der Waals surface area (Å²) in [5, 5.41) is 3.29. The van der Waals surface area contributed by atoms with E-state index < -0.39 is 0 Å². The van der Waals surface area contributed by atoms with Gasteiger partial charge >= 0.3 is 0 Å². The van der Waals surface area contributed by atoms with Crippen LogP contribution in [0.25, 0.3) is 11.3 Å². The minimum Gasteiger partial charge on any atom is -0.341 e. The summed E-state index contributed by atoms with van der Waals surface area (Å²) in [5.41, 5.74) is 1.12. The predicted octanol–water partition coefficient (Wildman–Crippen LogP) is 4.04. The minimum atomic E-state index is -0.296. The average molecular weight is 400 g/mol. The van der Waals surface area contributed by atoms with Crippen LogP contribution in [0.5, 0.6) is 0 Å². The van der Waals surface area contributed by atoms with E-state index >= 15 is 0 Å². The highest BCUT2D eigenvalue weighted by molar-refractivity contribution is 6.30. The molecule has 0 radical (unpaired) electrons. The van der Waals surface area contributed by atoms with E-state index in [1.54, 1.807) is 36.5 Å². The van der Waals surface area contributed by atoms with Gasteiger partial charge in [0.15, 0.2) is 0 Å². The summed E-state index contributed by atoms with van der Waals surface area (Å²) >= 11 is 5.81. The SMILES string of the molecule is O=C(CN1CCC[C@@H]1c1ncc(-c2ccccc2F)[nH]1)Nc1ccc(Cl)cn1. The number of pyridine rings is 1. The van der Waals surface area contributed by atoms with Crippen molar-refractivity contribution in [3.8, 4) is 11.3 Å². The molecule has 1 saturated heterocycles. The molecule has 1 amide bonds. The fraction of sp³-hybridized carbons (Fsp3) is 0.250. The number of hydrogen-bond acceptors (Lipinski definition) is 4. The van der Waals surface area contributed by atoms with E-state index in [0.717, 1.165) is 25.2 Å². The Morgan fingerprint density at radius 1 is 1.25 bits per heavy atom. The second-order valence-electron chi connectivity index (χ2n) is 6.70. The number of H-pyrrole nitrogens is 1. The van der Waals surface area contributed by atoms with Crippen LogP contribution in [0.1, 0.15) is 24.7 Å². The van der Waals surface area contributed by atoms with Crippen molar-refractivity contribution >= 4 is 23.3 Å². The molecule has 8 heteroatoms. The number of benzene rings is 1. The van der Waals surface area contributed by atoms with Crippen LogP contribution in [-0.2, 0) is 4.79 Å². The maximum Gasteiger partial charge on any atom is 0.239 e. The Balaban J connectivity index is 1.44. The first kappa shape index (κ1) is 18.6. The van der Waals surface area contributed by atoms with Gasteiger partial charge < -0.3 is 10.3 Å².